The minimum absolute atomic E-state index is 0.111. The van der Waals surface area contributed by atoms with Crippen molar-refractivity contribution in [3.63, 3.8) is 0 Å². The standard InChI is InChI=1S/C19H21NO4/c1-11(2)20-15-8-6-5-7-14(15)19(23,18(20)22)9-16(21)17-12(3)10-24-13(17)4/h5-8,10-11,23H,9H2,1-4H3/t19-/m0/s1. The average Bonchev–Trinajstić information content (AvgIpc) is 2.96. The second kappa shape index (κ2) is 5.60. The predicted octanol–water partition coefficient (Wildman–Crippen LogP) is 3.11. The third-order valence-corrected chi connectivity index (χ3v) is 4.55. The van der Waals surface area contributed by atoms with Gasteiger partial charge in [0, 0.05) is 11.6 Å². The lowest BCUT2D eigenvalue weighted by atomic mass is 9.87. The Morgan fingerprint density at radius 2 is 1.96 bits per heavy atom. The number of rotatable bonds is 4. The second-order valence-electron chi connectivity index (χ2n) is 6.60. The first-order valence-corrected chi connectivity index (χ1v) is 8.00. The monoisotopic (exact) mass is 327 g/mol. The molecule has 0 bridgehead atoms. The summed E-state index contributed by atoms with van der Waals surface area (Å²) in [6, 6.07) is 6.97. The Morgan fingerprint density at radius 1 is 1.29 bits per heavy atom. The molecule has 0 radical (unpaired) electrons. The summed E-state index contributed by atoms with van der Waals surface area (Å²) >= 11 is 0. The van der Waals surface area contributed by atoms with E-state index in [1.807, 2.05) is 19.9 Å². The van der Waals surface area contributed by atoms with Gasteiger partial charge in [-0.3, -0.25) is 9.59 Å². The van der Waals surface area contributed by atoms with E-state index in [2.05, 4.69) is 0 Å². The highest BCUT2D eigenvalue weighted by Crippen LogP contribution is 2.44. The Hall–Kier alpha value is -2.40. The summed E-state index contributed by atoms with van der Waals surface area (Å²) in [4.78, 5) is 27.2. The van der Waals surface area contributed by atoms with E-state index >= 15 is 0 Å². The molecule has 1 N–H and O–H groups in total. The van der Waals surface area contributed by atoms with Gasteiger partial charge in [0.2, 0.25) is 0 Å². The molecule has 1 amide bonds. The summed E-state index contributed by atoms with van der Waals surface area (Å²) in [6.45, 7) is 7.24. The minimum atomic E-state index is -1.84. The van der Waals surface area contributed by atoms with Gasteiger partial charge in [0.1, 0.15) is 5.76 Å². The van der Waals surface area contributed by atoms with Crippen LogP contribution in [0.25, 0.3) is 0 Å². The molecule has 0 fully saturated rings. The first-order chi connectivity index (χ1) is 11.3. The Kier molecular flexibility index (Phi) is 3.84. The van der Waals surface area contributed by atoms with Crippen LogP contribution in [0.4, 0.5) is 5.69 Å². The normalized spacial score (nSPS) is 19.9. The van der Waals surface area contributed by atoms with Crippen LogP contribution in [0.3, 0.4) is 0 Å². The van der Waals surface area contributed by atoms with Crippen molar-refractivity contribution in [3.05, 3.63) is 53.0 Å². The number of furan rings is 1. The molecule has 0 saturated carbocycles. The average molecular weight is 327 g/mol. The number of carbonyl (C=O) groups is 2. The molecule has 1 aliphatic heterocycles. The van der Waals surface area contributed by atoms with Crippen LogP contribution >= 0.6 is 0 Å². The van der Waals surface area contributed by atoms with Crippen LogP contribution < -0.4 is 4.90 Å². The van der Waals surface area contributed by atoms with Crippen molar-refractivity contribution < 1.29 is 19.1 Å². The van der Waals surface area contributed by atoms with Crippen LogP contribution in [-0.4, -0.2) is 22.8 Å². The topological polar surface area (TPSA) is 70.7 Å². The van der Waals surface area contributed by atoms with Crippen LogP contribution in [-0.2, 0) is 10.4 Å². The molecule has 1 atom stereocenters. The maximum absolute atomic E-state index is 12.9. The number of Topliss-reactive ketones (excluding diaryl/α,β-unsaturated/α-hetero) is 1. The van der Waals surface area contributed by atoms with Crippen LogP contribution in [0.1, 0.15) is 47.5 Å². The number of aliphatic hydroxyl groups is 1. The first-order valence-electron chi connectivity index (χ1n) is 8.00. The van der Waals surface area contributed by atoms with Gasteiger partial charge < -0.3 is 14.4 Å². The molecule has 0 spiro atoms. The zero-order valence-corrected chi connectivity index (χ0v) is 14.3. The van der Waals surface area contributed by atoms with E-state index in [1.54, 1.807) is 36.9 Å². The molecule has 126 valence electrons. The number of ketones is 1. The van der Waals surface area contributed by atoms with Crippen molar-refractivity contribution in [3.8, 4) is 0 Å². The molecule has 1 aliphatic rings. The van der Waals surface area contributed by atoms with Crippen molar-refractivity contribution in [1.29, 1.82) is 0 Å². The van der Waals surface area contributed by atoms with E-state index in [0.717, 1.165) is 0 Å². The summed E-state index contributed by atoms with van der Waals surface area (Å²) in [5.41, 5.74) is 0.454. The van der Waals surface area contributed by atoms with E-state index in [1.165, 1.54) is 6.26 Å². The molecule has 5 heteroatoms. The number of amides is 1. The summed E-state index contributed by atoms with van der Waals surface area (Å²) < 4.78 is 5.27. The molecule has 1 aromatic heterocycles. The highest BCUT2D eigenvalue weighted by Gasteiger charge is 2.51. The Balaban J connectivity index is 2.04. The number of carbonyl (C=O) groups excluding carboxylic acids is 2. The molecule has 2 heterocycles. The fourth-order valence-corrected chi connectivity index (χ4v) is 3.45. The summed E-state index contributed by atoms with van der Waals surface area (Å²) in [5.74, 6) is -0.249. The van der Waals surface area contributed by atoms with Gasteiger partial charge in [0.05, 0.1) is 23.9 Å². The van der Waals surface area contributed by atoms with Crippen LogP contribution in [0, 0.1) is 13.8 Å². The zero-order chi connectivity index (χ0) is 17.6. The lowest BCUT2D eigenvalue weighted by Crippen LogP contribution is -2.44. The Morgan fingerprint density at radius 3 is 2.54 bits per heavy atom. The number of nitrogens with zero attached hydrogens (tertiary/aromatic N) is 1. The molecule has 5 nitrogen and oxygen atoms in total. The SMILES string of the molecule is Cc1coc(C)c1C(=O)C[C@@]1(O)C(=O)N(C(C)C)c2ccccc21. The summed E-state index contributed by atoms with van der Waals surface area (Å²) in [6.07, 6.45) is 1.21. The molecule has 1 aromatic carbocycles. The lowest BCUT2D eigenvalue weighted by Gasteiger charge is -2.25. The van der Waals surface area contributed by atoms with Crippen LogP contribution in [0.15, 0.2) is 34.9 Å². The quantitative estimate of drug-likeness (QED) is 0.876. The molecule has 0 unspecified atom stereocenters. The second-order valence-corrected chi connectivity index (χ2v) is 6.60. The molecule has 24 heavy (non-hydrogen) atoms. The van der Waals surface area contributed by atoms with Crippen LogP contribution in [0.2, 0.25) is 0 Å². The Labute approximate surface area is 140 Å². The first kappa shape index (κ1) is 16.5. The van der Waals surface area contributed by atoms with E-state index in [-0.39, 0.29) is 18.2 Å². The van der Waals surface area contributed by atoms with E-state index in [9.17, 15) is 14.7 Å². The van der Waals surface area contributed by atoms with Gasteiger partial charge in [-0.2, -0.15) is 0 Å². The van der Waals surface area contributed by atoms with E-state index in [0.29, 0.717) is 28.1 Å². The van der Waals surface area contributed by atoms with Crippen molar-refractivity contribution in [2.75, 3.05) is 4.90 Å². The largest absolute Gasteiger partial charge is 0.469 e. The number of para-hydroxylation sites is 1. The van der Waals surface area contributed by atoms with Gasteiger partial charge in [-0.25, -0.2) is 0 Å². The third-order valence-electron chi connectivity index (χ3n) is 4.55. The van der Waals surface area contributed by atoms with Gasteiger partial charge in [0.15, 0.2) is 11.4 Å². The minimum Gasteiger partial charge on any atom is -0.469 e. The van der Waals surface area contributed by atoms with E-state index < -0.39 is 11.5 Å². The highest BCUT2D eigenvalue weighted by molar-refractivity contribution is 6.11. The zero-order valence-electron chi connectivity index (χ0n) is 14.3. The van der Waals surface area contributed by atoms with Crippen molar-refractivity contribution in [1.82, 2.24) is 0 Å². The maximum Gasteiger partial charge on any atom is 0.264 e. The smallest absolute Gasteiger partial charge is 0.264 e. The molecule has 2 aromatic rings. The summed E-state index contributed by atoms with van der Waals surface area (Å²) in [7, 11) is 0. The predicted molar refractivity (Wildman–Crippen MR) is 90.1 cm³/mol. The fraction of sp³-hybridized carbons (Fsp3) is 0.368. The number of hydrogen-bond acceptors (Lipinski definition) is 4. The van der Waals surface area contributed by atoms with Gasteiger partial charge in [-0.1, -0.05) is 18.2 Å². The van der Waals surface area contributed by atoms with Gasteiger partial charge in [0.25, 0.3) is 5.91 Å². The number of benzene rings is 1. The van der Waals surface area contributed by atoms with Gasteiger partial charge >= 0.3 is 0 Å². The highest BCUT2D eigenvalue weighted by atomic mass is 16.3. The lowest BCUT2D eigenvalue weighted by molar-refractivity contribution is -0.136. The van der Waals surface area contributed by atoms with Gasteiger partial charge in [-0.05, 0) is 39.3 Å². The molecular weight excluding hydrogens is 306 g/mol. The molecule has 0 aliphatic carbocycles. The molecule has 0 saturated heterocycles. The van der Waals surface area contributed by atoms with E-state index in [4.69, 9.17) is 4.42 Å². The van der Waals surface area contributed by atoms with Crippen molar-refractivity contribution in [2.45, 2.75) is 45.8 Å². The molecule has 3 rings (SSSR count). The Bertz CT molecular complexity index is 801. The van der Waals surface area contributed by atoms with Crippen molar-refractivity contribution in [2.24, 2.45) is 0 Å². The van der Waals surface area contributed by atoms with Gasteiger partial charge in [-0.15, -0.1) is 0 Å². The number of fused-ring (bicyclic) bond motifs is 1. The molecular formula is C19H21NO4. The third kappa shape index (κ3) is 2.27. The fourth-order valence-electron chi connectivity index (χ4n) is 3.45. The maximum atomic E-state index is 12.9. The van der Waals surface area contributed by atoms with Crippen molar-refractivity contribution >= 4 is 17.4 Å². The summed E-state index contributed by atoms with van der Waals surface area (Å²) in [5, 5.41) is 11.1. The number of aryl methyl sites for hydroxylation is 2. The number of anilines is 1. The van der Waals surface area contributed by atoms with Crippen LogP contribution in [0.5, 0.6) is 0 Å². The number of hydrogen-bond donors (Lipinski definition) is 1.